The predicted octanol–water partition coefficient (Wildman–Crippen LogP) is 2.57. The van der Waals surface area contributed by atoms with Crippen LogP contribution in [0.15, 0.2) is 0 Å². The van der Waals surface area contributed by atoms with Crippen LogP contribution in [0, 0.1) is 11.3 Å². The van der Waals surface area contributed by atoms with Gasteiger partial charge in [-0.15, -0.1) is 0 Å². The Kier molecular flexibility index (Phi) is 3.96. The van der Waals surface area contributed by atoms with E-state index in [1.165, 1.54) is 6.42 Å². The van der Waals surface area contributed by atoms with Crippen LogP contribution in [-0.4, -0.2) is 18.8 Å². The first-order chi connectivity index (χ1) is 6.41. The van der Waals surface area contributed by atoms with E-state index in [2.05, 4.69) is 27.7 Å². The predicted molar refractivity (Wildman–Crippen MR) is 60.2 cm³/mol. The van der Waals surface area contributed by atoms with Gasteiger partial charge in [-0.3, -0.25) is 0 Å². The summed E-state index contributed by atoms with van der Waals surface area (Å²) in [5, 5.41) is 0. The fraction of sp³-hybridized carbons (Fsp3) is 1.00. The van der Waals surface area contributed by atoms with Gasteiger partial charge in [0.15, 0.2) is 0 Å². The fourth-order valence-electron chi connectivity index (χ4n) is 2.04. The molecule has 0 spiro atoms. The minimum absolute atomic E-state index is 0.252. The first-order valence-electron chi connectivity index (χ1n) is 5.78. The van der Waals surface area contributed by atoms with Gasteiger partial charge in [0, 0.05) is 12.6 Å². The maximum Gasteiger partial charge on any atom is 0.0731 e. The van der Waals surface area contributed by atoms with Crippen molar-refractivity contribution in [1.29, 1.82) is 0 Å². The lowest BCUT2D eigenvalue weighted by atomic mass is 9.74. The summed E-state index contributed by atoms with van der Waals surface area (Å²) < 4.78 is 5.87. The quantitative estimate of drug-likeness (QED) is 0.758. The molecule has 1 aliphatic rings. The lowest BCUT2D eigenvalue weighted by molar-refractivity contribution is -0.0291. The molecule has 0 radical (unpaired) electrons. The van der Waals surface area contributed by atoms with Gasteiger partial charge in [0.1, 0.15) is 0 Å². The second-order valence-electron chi connectivity index (χ2n) is 5.84. The molecule has 1 aliphatic carbocycles. The van der Waals surface area contributed by atoms with Crippen LogP contribution in [0.4, 0.5) is 0 Å². The SMILES string of the molecule is CC(C)COC1CC(C)(C)CCC1N. The molecule has 1 rings (SSSR count). The second kappa shape index (κ2) is 4.63. The topological polar surface area (TPSA) is 35.2 Å². The highest BCUT2D eigenvalue weighted by molar-refractivity contribution is 4.87. The van der Waals surface area contributed by atoms with Crippen molar-refractivity contribution in [3.63, 3.8) is 0 Å². The summed E-state index contributed by atoms with van der Waals surface area (Å²) in [5.41, 5.74) is 6.48. The van der Waals surface area contributed by atoms with Crippen LogP contribution < -0.4 is 5.73 Å². The molecular formula is C12H25NO. The van der Waals surface area contributed by atoms with Crippen LogP contribution in [-0.2, 0) is 4.74 Å². The minimum atomic E-state index is 0.252. The van der Waals surface area contributed by atoms with Gasteiger partial charge in [-0.1, -0.05) is 27.7 Å². The van der Waals surface area contributed by atoms with Crippen LogP contribution in [0.2, 0.25) is 0 Å². The van der Waals surface area contributed by atoms with Crippen LogP contribution in [0.25, 0.3) is 0 Å². The number of ether oxygens (including phenoxy) is 1. The summed E-state index contributed by atoms with van der Waals surface area (Å²) in [5.74, 6) is 0.604. The number of hydrogen-bond acceptors (Lipinski definition) is 2. The maximum atomic E-state index is 6.06. The zero-order valence-electron chi connectivity index (χ0n) is 10.0. The van der Waals surface area contributed by atoms with Gasteiger partial charge in [0.05, 0.1) is 6.10 Å². The van der Waals surface area contributed by atoms with Gasteiger partial charge in [-0.05, 0) is 30.6 Å². The number of hydrogen-bond donors (Lipinski definition) is 1. The van der Waals surface area contributed by atoms with Crippen molar-refractivity contribution in [2.45, 2.75) is 59.1 Å². The average Bonchev–Trinajstić information content (AvgIpc) is 2.06. The molecule has 0 aromatic carbocycles. The van der Waals surface area contributed by atoms with E-state index in [0.717, 1.165) is 19.4 Å². The number of nitrogens with two attached hydrogens (primary N) is 1. The van der Waals surface area contributed by atoms with E-state index < -0.39 is 0 Å². The summed E-state index contributed by atoms with van der Waals surface area (Å²) in [6.07, 6.45) is 3.73. The molecule has 0 heterocycles. The Labute approximate surface area is 88.2 Å². The normalized spacial score (nSPS) is 32.1. The van der Waals surface area contributed by atoms with E-state index in [0.29, 0.717) is 11.3 Å². The Morgan fingerprint density at radius 1 is 1.43 bits per heavy atom. The molecule has 2 N–H and O–H groups in total. The van der Waals surface area contributed by atoms with E-state index >= 15 is 0 Å². The zero-order chi connectivity index (χ0) is 10.8. The van der Waals surface area contributed by atoms with Crippen molar-refractivity contribution in [3.8, 4) is 0 Å². The molecule has 84 valence electrons. The molecular weight excluding hydrogens is 174 g/mol. The maximum absolute atomic E-state index is 6.06. The molecule has 0 aromatic rings. The van der Waals surface area contributed by atoms with Crippen molar-refractivity contribution in [2.75, 3.05) is 6.61 Å². The van der Waals surface area contributed by atoms with Crippen molar-refractivity contribution in [3.05, 3.63) is 0 Å². The van der Waals surface area contributed by atoms with E-state index in [-0.39, 0.29) is 12.1 Å². The van der Waals surface area contributed by atoms with Gasteiger partial charge in [0.25, 0.3) is 0 Å². The Bertz CT molecular complexity index is 177. The molecule has 1 fully saturated rings. The highest BCUT2D eigenvalue weighted by Gasteiger charge is 2.33. The third-order valence-corrected chi connectivity index (χ3v) is 3.03. The van der Waals surface area contributed by atoms with Gasteiger partial charge in [0.2, 0.25) is 0 Å². The summed E-state index contributed by atoms with van der Waals surface area (Å²) in [6, 6.07) is 0.252. The van der Waals surface area contributed by atoms with E-state index in [4.69, 9.17) is 10.5 Å². The van der Waals surface area contributed by atoms with Crippen LogP contribution in [0.3, 0.4) is 0 Å². The van der Waals surface area contributed by atoms with Gasteiger partial charge >= 0.3 is 0 Å². The molecule has 0 saturated heterocycles. The van der Waals surface area contributed by atoms with Crippen molar-refractivity contribution in [1.82, 2.24) is 0 Å². The first kappa shape index (κ1) is 12.0. The summed E-state index contributed by atoms with van der Waals surface area (Å²) in [4.78, 5) is 0. The molecule has 14 heavy (non-hydrogen) atoms. The molecule has 0 aromatic heterocycles. The van der Waals surface area contributed by atoms with Crippen LogP contribution >= 0.6 is 0 Å². The first-order valence-corrected chi connectivity index (χ1v) is 5.78. The Morgan fingerprint density at radius 3 is 2.64 bits per heavy atom. The molecule has 2 heteroatoms. The summed E-state index contributed by atoms with van der Waals surface area (Å²) in [7, 11) is 0. The largest absolute Gasteiger partial charge is 0.376 e. The standard InChI is InChI=1S/C12H25NO/c1-9(2)8-14-11-7-12(3,4)6-5-10(11)13/h9-11H,5-8,13H2,1-4H3. The third kappa shape index (κ3) is 3.58. The van der Waals surface area contributed by atoms with Crippen LogP contribution in [0.1, 0.15) is 47.0 Å². The van der Waals surface area contributed by atoms with Crippen molar-refractivity contribution in [2.24, 2.45) is 17.1 Å². The lowest BCUT2D eigenvalue weighted by Crippen LogP contribution is -2.45. The third-order valence-electron chi connectivity index (χ3n) is 3.03. The van der Waals surface area contributed by atoms with E-state index in [1.807, 2.05) is 0 Å². The summed E-state index contributed by atoms with van der Waals surface area (Å²) >= 11 is 0. The van der Waals surface area contributed by atoms with Gasteiger partial charge in [-0.2, -0.15) is 0 Å². The van der Waals surface area contributed by atoms with Crippen LogP contribution in [0.5, 0.6) is 0 Å². The highest BCUT2D eigenvalue weighted by atomic mass is 16.5. The molecule has 0 amide bonds. The van der Waals surface area contributed by atoms with Crippen molar-refractivity contribution >= 4 is 0 Å². The second-order valence-corrected chi connectivity index (χ2v) is 5.84. The monoisotopic (exact) mass is 199 g/mol. The number of rotatable bonds is 3. The fourth-order valence-corrected chi connectivity index (χ4v) is 2.04. The molecule has 2 atom stereocenters. The average molecular weight is 199 g/mol. The summed E-state index contributed by atoms with van der Waals surface area (Å²) in [6.45, 7) is 9.82. The molecule has 2 nitrogen and oxygen atoms in total. The molecule has 1 saturated carbocycles. The Balaban J connectivity index is 2.41. The Morgan fingerprint density at radius 2 is 2.07 bits per heavy atom. The minimum Gasteiger partial charge on any atom is -0.376 e. The Hall–Kier alpha value is -0.0800. The smallest absolute Gasteiger partial charge is 0.0731 e. The van der Waals surface area contributed by atoms with Gasteiger partial charge < -0.3 is 10.5 Å². The van der Waals surface area contributed by atoms with E-state index in [9.17, 15) is 0 Å². The zero-order valence-corrected chi connectivity index (χ0v) is 10.0. The molecule has 0 bridgehead atoms. The highest BCUT2D eigenvalue weighted by Crippen LogP contribution is 2.36. The molecule has 0 aliphatic heterocycles. The van der Waals surface area contributed by atoms with E-state index in [1.54, 1.807) is 0 Å². The molecule has 2 unspecified atom stereocenters. The van der Waals surface area contributed by atoms with Gasteiger partial charge in [-0.25, -0.2) is 0 Å². The van der Waals surface area contributed by atoms with Crippen molar-refractivity contribution < 1.29 is 4.74 Å². The lowest BCUT2D eigenvalue weighted by Gasteiger charge is -2.39.